The summed E-state index contributed by atoms with van der Waals surface area (Å²) in [5.74, 6) is -3.62. The minimum absolute atomic E-state index is 0.185. The third-order valence-electron chi connectivity index (χ3n) is 6.08. The van der Waals surface area contributed by atoms with Crippen molar-refractivity contribution in [3.63, 3.8) is 0 Å². The second kappa shape index (κ2) is 15.8. The van der Waals surface area contributed by atoms with E-state index in [0.717, 1.165) is 19.3 Å². The Morgan fingerprint density at radius 1 is 0.742 bits per heavy atom. The van der Waals surface area contributed by atoms with Crippen LogP contribution >= 0.6 is 0 Å². The number of unbranched alkanes of at least 4 members (excludes halogenated alkanes) is 3. The van der Waals surface area contributed by atoms with Gasteiger partial charge < -0.3 is 20.1 Å². The number of quaternary nitrogens is 1. The number of hydrogen-bond acceptors (Lipinski definition) is 4. The highest BCUT2D eigenvalue weighted by molar-refractivity contribution is 5.77. The topological polar surface area (TPSA) is 115 Å². The highest BCUT2D eigenvalue weighted by Gasteiger charge is 2.54. The predicted octanol–water partition coefficient (Wildman–Crippen LogP) is 3.76. The number of allylic oxidation sites excluding steroid dienone is 2. The first kappa shape index (κ1) is 29.1. The number of aliphatic carboxylic acids is 3. The van der Waals surface area contributed by atoms with E-state index in [1.165, 1.54) is 0 Å². The van der Waals surface area contributed by atoms with Crippen LogP contribution in [0.15, 0.2) is 12.2 Å². The number of hydrogen-bond donors (Lipinski definition) is 2. The maximum atomic E-state index is 12.4. The first-order chi connectivity index (χ1) is 14.7. The van der Waals surface area contributed by atoms with Crippen LogP contribution in [0.4, 0.5) is 0 Å². The SMILES string of the molecule is CCCC/C=C/CCC[N+](C(CCC)C(=O)[O-])(C(CCC)C(=O)O)C(CCC)C(=O)O. The lowest BCUT2D eigenvalue weighted by molar-refractivity contribution is -0.975. The van der Waals surface area contributed by atoms with Crippen molar-refractivity contribution in [3.05, 3.63) is 12.2 Å². The Balaban J connectivity index is 6.38. The van der Waals surface area contributed by atoms with E-state index in [1.807, 2.05) is 26.8 Å². The second-order valence-electron chi connectivity index (χ2n) is 8.38. The van der Waals surface area contributed by atoms with Crippen LogP contribution in [0.5, 0.6) is 0 Å². The lowest BCUT2D eigenvalue weighted by atomic mass is 9.91. The fourth-order valence-electron chi connectivity index (χ4n) is 4.67. The molecule has 31 heavy (non-hydrogen) atoms. The molecule has 0 aliphatic heterocycles. The molecular weight excluding hydrogens is 398 g/mol. The zero-order valence-corrected chi connectivity index (χ0v) is 19.8. The fourth-order valence-corrected chi connectivity index (χ4v) is 4.67. The van der Waals surface area contributed by atoms with Gasteiger partial charge in [0.25, 0.3) is 0 Å². The Hall–Kier alpha value is -1.89. The van der Waals surface area contributed by atoms with Crippen LogP contribution in [0.25, 0.3) is 0 Å². The smallest absolute Gasteiger partial charge is 0.362 e. The van der Waals surface area contributed by atoms with Gasteiger partial charge >= 0.3 is 11.9 Å². The third kappa shape index (κ3) is 8.63. The molecule has 0 heterocycles. The summed E-state index contributed by atoms with van der Waals surface area (Å²) in [4.78, 5) is 37.0. The van der Waals surface area contributed by atoms with Crippen molar-refractivity contribution >= 4 is 17.9 Å². The summed E-state index contributed by atoms with van der Waals surface area (Å²) in [6, 6.07) is -3.37. The molecule has 0 fully saturated rings. The van der Waals surface area contributed by atoms with Gasteiger partial charge in [-0.3, -0.25) is 4.48 Å². The van der Waals surface area contributed by atoms with Gasteiger partial charge in [-0.2, -0.15) is 0 Å². The van der Waals surface area contributed by atoms with Crippen LogP contribution in [0, 0.1) is 0 Å². The predicted molar refractivity (Wildman–Crippen MR) is 119 cm³/mol. The minimum Gasteiger partial charge on any atom is -0.544 e. The van der Waals surface area contributed by atoms with Gasteiger partial charge in [0, 0.05) is 25.7 Å². The van der Waals surface area contributed by atoms with Crippen molar-refractivity contribution in [3.8, 4) is 0 Å². The third-order valence-corrected chi connectivity index (χ3v) is 6.08. The van der Waals surface area contributed by atoms with Crippen LogP contribution in [-0.4, -0.2) is 57.3 Å². The van der Waals surface area contributed by atoms with Crippen LogP contribution < -0.4 is 5.11 Å². The van der Waals surface area contributed by atoms with Crippen molar-refractivity contribution in [1.29, 1.82) is 0 Å². The van der Waals surface area contributed by atoms with E-state index >= 15 is 0 Å². The Morgan fingerprint density at radius 3 is 1.52 bits per heavy atom. The summed E-state index contributed by atoms with van der Waals surface area (Å²) in [6.07, 6.45) is 10.7. The number of carboxylic acid groups (broad SMARTS) is 3. The average Bonchev–Trinajstić information content (AvgIpc) is 2.71. The van der Waals surface area contributed by atoms with Gasteiger partial charge in [0.2, 0.25) is 0 Å². The summed E-state index contributed by atoms with van der Waals surface area (Å²) >= 11 is 0. The van der Waals surface area contributed by atoms with Crippen molar-refractivity contribution in [2.75, 3.05) is 6.54 Å². The lowest BCUT2D eigenvalue weighted by Crippen LogP contribution is -2.74. The molecule has 0 radical (unpaired) electrons. The maximum Gasteiger partial charge on any atom is 0.362 e. The molecular formula is C24H43NO6. The largest absolute Gasteiger partial charge is 0.544 e. The van der Waals surface area contributed by atoms with Gasteiger partial charge in [-0.05, 0) is 25.7 Å². The monoisotopic (exact) mass is 441 g/mol. The number of carbonyl (C=O) groups excluding carboxylic acids is 1. The molecule has 0 aromatic carbocycles. The van der Waals surface area contributed by atoms with Crippen molar-refractivity contribution in [2.45, 2.75) is 116 Å². The van der Waals surface area contributed by atoms with Gasteiger partial charge in [0.15, 0.2) is 12.1 Å². The van der Waals surface area contributed by atoms with E-state index < -0.39 is 40.5 Å². The van der Waals surface area contributed by atoms with Gasteiger partial charge in [-0.25, -0.2) is 9.59 Å². The number of rotatable bonds is 19. The molecule has 3 unspecified atom stereocenters. The molecule has 0 rings (SSSR count). The van der Waals surface area contributed by atoms with Crippen molar-refractivity contribution in [1.82, 2.24) is 0 Å². The number of carboxylic acids is 3. The molecule has 0 aliphatic carbocycles. The standard InChI is InChI=1S/C24H43NO6/c1-5-9-10-11-12-13-14-18-25(19(15-6-2)22(26)27,20(16-7-3)23(28)29)21(17-8-4)24(30)31/h11-12,19-21H,5-10,13-18H2,1-4H3,(H2-,26,27,28,29,30,31)/b12-11+. The molecule has 7 heteroatoms. The molecule has 0 bridgehead atoms. The molecule has 7 nitrogen and oxygen atoms in total. The zero-order valence-electron chi connectivity index (χ0n) is 19.8. The summed E-state index contributed by atoms with van der Waals surface area (Å²) in [6.45, 7) is 7.80. The molecule has 0 saturated carbocycles. The lowest BCUT2D eigenvalue weighted by Gasteiger charge is -2.52. The summed E-state index contributed by atoms with van der Waals surface area (Å²) in [5.41, 5.74) is 0. The Morgan fingerprint density at radius 2 is 1.16 bits per heavy atom. The van der Waals surface area contributed by atoms with E-state index in [2.05, 4.69) is 13.0 Å². The first-order valence-corrected chi connectivity index (χ1v) is 11.9. The van der Waals surface area contributed by atoms with E-state index in [1.54, 1.807) is 0 Å². The van der Waals surface area contributed by atoms with Crippen LogP contribution in [0.1, 0.15) is 98.3 Å². The Labute approximate surface area is 187 Å². The Kier molecular flexibility index (Phi) is 14.9. The van der Waals surface area contributed by atoms with Crippen LogP contribution in [0.3, 0.4) is 0 Å². The number of nitrogens with zero attached hydrogens (tertiary/aromatic N) is 1. The summed E-state index contributed by atoms with van der Waals surface area (Å²) in [7, 11) is 0. The first-order valence-electron chi connectivity index (χ1n) is 11.9. The molecule has 0 saturated heterocycles. The fraction of sp³-hybridized carbons (Fsp3) is 0.792. The average molecular weight is 442 g/mol. The van der Waals surface area contributed by atoms with Crippen LogP contribution in [-0.2, 0) is 14.4 Å². The van der Waals surface area contributed by atoms with Gasteiger partial charge in [0.1, 0.15) is 6.04 Å². The molecule has 0 aliphatic rings. The molecule has 0 aromatic heterocycles. The van der Waals surface area contributed by atoms with E-state index in [4.69, 9.17) is 0 Å². The van der Waals surface area contributed by atoms with Crippen molar-refractivity contribution in [2.24, 2.45) is 0 Å². The molecule has 3 atom stereocenters. The van der Waals surface area contributed by atoms with E-state index in [-0.39, 0.29) is 25.8 Å². The van der Waals surface area contributed by atoms with Gasteiger partial charge in [-0.1, -0.05) is 59.1 Å². The highest BCUT2D eigenvalue weighted by atomic mass is 16.4. The van der Waals surface area contributed by atoms with Crippen molar-refractivity contribution < 1.29 is 34.2 Å². The maximum absolute atomic E-state index is 12.4. The van der Waals surface area contributed by atoms with E-state index in [0.29, 0.717) is 32.1 Å². The molecule has 0 spiro atoms. The minimum atomic E-state index is -1.36. The highest BCUT2D eigenvalue weighted by Crippen LogP contribution is 2.33. The van der Waals surface area contributed by atoms with Gasteiger partial charge in [-0.15, -0.1) is 0 Å². The second-order valence-corrected chi connectivity index (χ2v) is 8.38. The quantitative estimate of drug-likeness (QED) is 0.179. The number of carbonyl (C=O) groups is 3. The molecule has 180 valence electrons. The van der Waals surface area contributed by atoms with Crippen LogP contribution in [0.2, 0.25) is 0 Å². The summed E-state index contributed by atoms with van der Waals surface area (Å²) < 4.78 is -0.467. The normalized spacial score (nSPS) is 16.5. The summed E-state index contributed by atoms with van der Waals surface area (Å²) in [5, 5.41) is 32.5. The molecule has 2 N–H and O–H groups in total. The Bertz CT molecular complexity index is 515. The molecule has 0 aromatic rings. The van der Waals surface area contributed by atoms with E-state index in [9.17, 15) is 29.7 Å². The zero-order chi connectivity index (χ0) is 23.9. The van der Waals surface area contributed by atoms with Gasteiger partial charge in [0.05, 0.1) is 12.5 Å². The molecule has 0 amide bonds.